The third-order valence-electron chi connectivity index (χ3n) is 2.89. The fourth-order valence-electron chi connectivity index (χ4n) is 1.86. The van der Waals surface area contributed by atoms with Gasteiger partial charge in [0, 0.05) is 16.7 Å². The lowest BCUT2D eigenvalue weighted by molar-refractivity contribution is 0.103. The summed E-state index contributed by atoms with van der Waals surface area (Å²) >= 11 is 18.1. The van der Waals surface area contributed by atoms with Crippen molar-refractivity contribution >= 4 is 40.6 Å². The predicted octanol–water partition coefficient (Wildman–Crippen LogP) is 4.90. The molecule has 0 amide bonds. The van der Waals surface area contributed by atoms with E-state index in [1.54, 1.807) is 12.1 Å². The van der Waals surface area contributed by atoms with E-state index in [2.05, 4.69) is 0 Å². The summed E-state index contributed by atoms with van der Waals surface area (Å²) in [6.07, 6.45) is 0. The number of methoxy groups -OCH3 is 2. The van der Waals surface area contributed by atoms with Crippen LogP contribution in [0, 0.1) is 0 Å². The molecular formula is C15H11Cl3O3. The number of halogens is 3. The maximum absolute atomic E-state index is 12.6. The van der Waals surface area contributed by atoms with E-state index in [1.807, 2.05) is 0 Å². The Bertz CT molecular complexity index is 699. The molecule has 0 saturated carbocycles. The number of carbonyl (C=O) groups is 1. The van der Waals surface area contributed by atoms with Crippen molar-refractivity contribution in [3.63, 3.8) is 0 Å². The molecule has 0 heterocycles. The van der Waals surface area contributed by atoms with Crippen molar-refractivity contribution in [2.24, 2.45) is 0 Å². The van der Waals surface area contributed by atoms with Crippen LogP contribution in [0.2, 0.25) is 15.1 Å². The van der Waals surface area contributed by atoms with Gasteiger partial charge < -0.3 is 9.47 Å². The zero-order valence-corrected chi connectivity index (χ0v) is 13.5. The van der Waals surface area contributed by atoms with Gasteiger partial charge in [-0.2, -0.15) is 0 Å². The number of benzene rings is 2. The zero-order chi connectivity index (χ0) is 15.6. The minimum atomic E-state index is -0.330. The van der Waals surface area contributed by atoms with Crippen molar-refractivity contribution in [2.75, 3.05) is 14.2 Å². The molecule has 0 saturated heterocycles. The predicted molar refractivity (Wildman–Crippen MR) is 84.5 cm³/mol. The second-order valence-corrected chi connectivity index (χ2v) is 5.39. The van der Waals surface area contributed by atoms with Crippen molar-refractivity contribution in [2.45, 2.75) is 0 Å². The van der Waals surface area contributed by atoms with Crippen LogP contribution in [0.3, 0.4) is 0 Å². The van der Waals surface area contributed by atoms with Gasteiger partial charge in [-0.3, -0.25) is 4.79 Å². The molecule has 0 bridgehead atoms. The Morgan fingerprint density at radius 3 is 2.14 bits per heavy atom. The van der Waals surface area contributed by atoms with Crippen LogP contribution >= 0.6 is 34.8 Å². The van der Waals surface area contributed by atoms with Crippen molar-refractivity contribution < 1.29 is 14.3 Å². The molecular weight excluding hydrogens is 335 g/mol. The van der Waals surface area contributed by atoms with Crippen molar-refractivity contribution in [1.29, 1.82) is 0 Å². The second-order valence-electron chi connectivity index (χ2n) is 4.14. The summed E-state index contributed by atoms with van der Waals surface area (Å²) in [6.45, 7) is 0. The molecule has 0 aliphatic carbocycles. The van der Waals surface area contributed by atoms with Crippen LogP contribution in [0.1, 0.15) is 15.9 Å². The van der Waals surface area contributed by atoms with Crippen LogP contribution in [0.15, 0.2) is 30.3 Å². The molecule has 0 N–H and O–H groups in total. The summed E-state index contributed by atoms with van der Waals surface area (Å²) in [7, 11) is 2.95. The van der Waals surface area contributed by atoms with E-state index in [9.17, 15) is 4.79 Å². The van der Waals surface area contributed by atoms with Crippen molar-refractivity contribution in [1.82, 2.24) is 0 Å². The molecule has 0 aliphatic heterocycles. The van der Waals surface area contributed by atoms with Gasteiger partial charge >= 0.3 is 0 Å². The highest BCUT2D eigenvalue weighted by atomic mass is 35.5. The Morgan fingerprint density at radius 1 is 0.857 bits per heavy atom. The molecule has 0 radical (unpaired) electrons. The molecule has 0 atom stereocenters. The van der Waals surface area contributed by atoms with Gasteiger partial charge in [0.15, 0.2) is 5.78 Å². The van der Waals surface area contributed by atoms with Crippen LogP contribution in [0.5, 0.6) is 11.5 Å². The molecule has 2 rings (SSSR count). The minimum absolute atomic E-state index is 0.239. The summed E-state index contributed by atoms with van der Waals surface area (Å²) in [5.41, 5.74) is 0.566. The van der Waals surface area contributed by atoms with Gasteiger partial charge in [-0.25, -0.2) is 0 Å². The topological polar surface area (TPSA) is 35.5 Å². The van der Waals surface area contributed by atoms with E-state index < -0.39 is 0 Å². The van der Waals surface area contributed by atoms with Crippen LogP contribution in [0.4, 0.5) is 0 Å². The summed E-state index contributed by atoms with van der Waals surface area (Å²) in [5, 5.41) is 0.962. The van der Waals surface area contributed by atoms with Gasteiger partial charge in [-0.15, -0.1) is 0 Å². The van der Waals surface area contributed by atoms with Crippen LogP contribution in [0.25, 0.3) is 0 Å². The molecule has 6 heteroatoms. The molecule has 0 unspecified atom stereocenters. The van der Waals surface area contributed by atoms with Crippen LogP contribution in [-0.4, -0.2) is 20.0 Å². The number of hydrogen-bond acceptors (Lipinski definition) is 3. The van der Waals surface area contributed by atoms with Crippen LogP contribution < -0.4 is 9.47 Å². The third kappa shape index (κ3) is 3.26. The first-order valence-electron chi connectivity index (χ1n) is 5.89. The quantitative estimate of drug-likeness (QED) is 0.740. The summed E-state index contributed by atoms with van der Waals surface area (Å²) in [6, 6.07) is 7.74. The SMILES string of the molecule is COc1cc(Cl)c(C(=O)c2cc(Cl)ccc2OC)cc1Cl. The van der Waals surface area contributed by atoms with E-state index in [4.69, 9.17) is 44.3 Å². The number of rotatable bonds is 4. The smallest absolute Gasteiger partial charge is 0.198 e. The molecule has 21 heavy (non-hydrogen) atoms. The van der Waals surface area contributed by atoms with E-state index in [-0.39, 0.29) is 16.4 Å². The first kappa shape index (κ1) is 16.0. The summed E-state index contributed by atoms with van der Waals surface area (Å²) < 4.78 is 10.2. The highest BCUT2D eigenvalue weighted by Gasteiger charge is 2.19. The van der Waals surface area contributed by atoms with Gasteiger partial charge in [-0.1, -0.05) is 34.8 Å². The number of carbonyl (C=O) groups excluding carboxylic acids is 1. The number of ether oxygens (including phenoxy) is 2. The molecule has 0 fully saturated rings. The lowest BCUT2D eigenvalue weighted by Gasteiger charge is -2.11. The Morgan fingerprint density at radius 2 is 1.52 bits per heavy atom. The van der Waals surface area contributed by atoms with E-state index >= 15 is 0 Å². The molecule has 0 aliphatic rings. The second kappa shape index (κ2) is 6.56. The fourth-order valence-corrected chi connectivity index (χ4v) is 2.51. The van der Waals surface area contributed by atoms with Gasteiger partial charge in [0.1, 0.15) is 11.5 Å². The first-order valence-corrected chi connectivity index (χ1v) is 7.02. The Balaban J connectivity index is 2.55. The third-order valence-corrected chi connectivity index (χ3v) is 3.74. The van der Waals surface area contributed by atoms with Gasteiger partial charge in [0.05, 0.1) is 29.8 Å². The molecule has 3 nitrogen and oxygen atoms in total. The Kier molecular flexibility index (Phi) is 4.99. The lowest BCUT2D eigenvalue weighted by Crippen LogP contribution is -2.05. The highest BCUT2D eigenvalue weighted by Crippen LogP contribution is 2.34. The van der Waals surface area contributed by atoms with Gasteiger partial charge in [0.25, 0.3) is 0 Å². The average molecular weight is 346 g/mol. The van der Waals surface area contributed by atoms with E-state index in [0.717, 1.165) is 0 Å². The lowest BCUT2D eigenvalue weighted by atomic mass is 10.0. The summed E-state index contributed by atoms with van der Waals surface area (Å²) in [4.78, 5) is 12.6. The highest BCUT2D eigenvalue weighted by molar-refractivity contribution is 6.38. The van der Waals surface area contributed by atoms with E-state index in [0.29, 0.717) is 27.1 Å². The summed E-state index contributed by atoms with van der Waals surface area (Å²) in [5.74, 6) is 0.479. The van der Waals surface area contributed by atoms with Gasteiger partial charge in [0.2, 0.25) is 0 Å². The normalized spacial score (nSPS) is 10.3. The van der Waals surface area contributed by atoms with Gasteiger partial charge in [-0.05, 0) is 24.3 Å². The van der Waals surface area contributed by atoms with Crippen LogP contribution in [-0.2, 0) is 0 Å². The number of ketones is 1. The van der Waals surface area contributed by atoms with Crippen molar-refractivity contribution in [3.8, 4) is 11.5 Å². The first-order chi connectivity index (χ1) is 9.97. The molecule has 0 aromatic heterocycles. The van der Waals surface area contributed by atoms with E-state index in [1.165, 1.54) is 32.4 Å². The molecule has 0 spiro atoms. The fraction of sp³-hybridized carbons (Fsp3) is 0.133. The molecule has 2 aromatic rings. The largest absolute Gasteiger partial charge is 0.496 e. The monoisotopic (exact) mass is 344 g/mol. The zero-order valence-electron chi connectivity index (χ0n) is 11.2. The van der Waals surface area contributed by atoms with Crippen molar-refractivity contribution in [3.05, 3.63) is 56.5 Å². The molecule has 2 aromatic carbocycles. The standard InChI is InChI=1S/C15H11Cl3O3/c1-20-13-4-3-8(16)5-10(13)15(19)9-6-12(18)14(21-2)7-11(9)17/h3-7H,1-2H3. The molecule has 110 valence electrons. The maximum atomic E-state index is 12.6. The number of hydrogen-bond donors (Lipinski definition) is 0. The Labute approximate surface area is 137 Å². The minimum Gasteiger partial charge on any atom is -0.496 e. The average Bonchev–Trinajstić information content (AvgIpc) is 2.48. The Hall–Kier alpha value is -1.42. The maximum Gasteiger partial charge on any atom is 0.198 e.